The van der Waals surface area contributed by atoms with E-state index < -0.39 is 27.6 Å². The van der Waals surface area contributed by atoms with Gasteiger partial charge in [-0.15, -0.1) is 0 Å². The maximum atomic E-state index is 13.3. The summed E-state index contributed by atoms with van der Waals surface area (Å²) >= 11 is 0. The maximum absolute atomic E-state index is 13.3. The van der Waals surface area contributed by atoms with Crippen molar-refractivity contribution in [2.45, 2.75) is 57.3 Å². The zero-order chi connectivity index (χ0) is 24.4. The molecule has 10 heteroatoms. The number of morpholine rings is 2. The molecule has 3 rings (SSSR count). The van der Waals surface area contributed by atoms with Gasteiger partial charge in [0.15, 0.2) is 0 Å². The van der Waals surface area contributed by atoms with Crippen LogP contribution in [-0.4, -0.2) is 86.6 Å². The van der Waals surface area contributed by atoms with Gasteiger partial charge in [-0.2, -0.15) is 4.31 Å². The van der Waals surface area contributed by atoms with E-state index in [9.17, 15) is 18.0 Å². The molecular formula is C23H35N3O6S. The molecule has 33 heavy (non-hydrogen) atoms. The van der Waals surface area contributed by atoms with Gasteiger partial charge >= 0.3 is 0 Å². The van der Waals surface area contributed by atoms with Crippen LogP contribution in [0.2, 0.25) is 0 Å². The molecule has 2 aliphatic heterocycles. The molecule has 0 saturated carbocycles. The molecule has 2 heterocycles. The average molecular weight is 482 g/mol. The lowest BCUT2D eigenvalue weighted by atomic mass is 9.99. The molecule has 2 saturated heterocycles. The summed E-state index contributed by atoms with van der Waals surface area (Å²) in [4.78, 5) is 28.2. The van der Waals surface area contributed by atoms with Crippen LogP contribution in [0.1, 0.15) is 45.0 Å². The highest BCUT2D eigenvalue weighted by Crippen LogP contribution is 2.23. The Hall–Kier alpha value is -2.01. The van der Waals surface area contributed by atoms with Crippen molar-refractivity contribution in [2.75, 3.05) is 39.4 Å². The Morgan fingerprint density at radius 3 is 2.45 bits per heavy atom. The third kappa shape index (κ3) is 6.11. The van der Waals surface area contributed by atoms with E-state index in [2.05, 4.69) is 5.32 Å². The maximum Gasteiger partial charge on any atom is 0.251 e. The van der Waals surface area contributed by atoms with Gasteiger partial charge < -0.3 is 19.7 Å². The summed E-state index contributed by atoms with van der Waals surface area (Å²) in [5, 5.41) is 2.83. The number of nitrogens with one attached hydrogen (secondary N) is 1. The van der Waals surface area contributed by atoms with Gasteiger partial charge in [0.1, 0.15) is 6.04 Å². The topological polar surface area (TPSA) is 105 Å². The second-order valence-corrected chi connectivity index (χ2v) is 11.6. The van der Waals surface area contributed by atoms with E-state index in [-0.39, 0.29) is 41.5 Å². The van der Waals surface area contributed by atoms with E-state index in [4.69, 9.17) is 9.47 Å². The minimum absolute atomic E-state index is 0.0493. The van der Waals surface area contributed by atoms with Gasteiger partial charge in [-0.3, -0.25) is 9.59 Å². The van der Waals surface area contributed by atoms with E-state index >= 15 is 0 Å². The van der Waals surface area contributed by atoms with Crippen LogP contribution in [0.15, 0.2) is 29.2 Å². The van der Waals surface area contributed by atoms with Crippen LogP contribution in [-0.2, 0) is 24.3 Å². The summed E-state index contributed by atoms with van der Waals surface area (Å²) in [6.45, 7) is 11.7. The van der Waals surface area contributed by atoms with Crippen molar-refractivity contribution in [2.24, 2.45) is 5.92 Å². The number of ether oxygens (including phenoxy) is 2. The monoisotopic (exact) mass is 481 g/mol. The third-order valence-electron chi connectivity index (χ3n) is 5.80. The number of amides is 2. The van der Waals surface area contributed by atoms with Gasteiger partial charge in [0.25, 0.3) is 5.91 Å². The fraction of sp³-hybridized carbons (Fsp3) is 0.652. The first kappa shape index (κ1) is 25.6. The van der Waals surface area contributed by atoms with Gasteiger partial charge in [0.05, 0.1) is 29.8 Å². The van der Waals surface area contributed by atoms with Crippen molar-refractivity contribution >= 4 is 21.8 Å². The predicted molar refractivity (Wildman–Crippen MR) is 123 cm³/mol. The van der Waals surface area contributed by atoms with Gasteiger partial charge in [0.2, 0.25) is 15.9 Å². The first-order chi connectivity index (χ1) is 15.4. The summed E-state index contributed by atoms with van der Waals surface area (Å²) in [5.74, 6) is -0.803. The van der Waals surface area contributed by atoms with Gasteiger partial charge in [-0.1, -0.05) is 19.9 Å². The van der Waals surface area contributed by atoms with Gasteiger partial charge in [0, 0.05) is 31.7 Å². The summed E-state index contributed by atoms with van der Waals surface area (Å²) in [6, 6.07) is 5.19. The molecule has 1 aromatic rings. The molecule has 2 fully saturated rings. The second kappa shape index (κ2) is 10.1. The van der Waals surface area contributed by atoms with Crippen molar-refractivity contribution in [1.29, 1.82) is 0 Å². The first-order valence-corrected chi connectivity index (χ1v) is 12.8. The zero-order valence-electron chi connectivity index (χ0n) is 20.0. The lowest BCUT2D eigenvalue weighted by Gasteiger charge is -2.43. The molecule has 2 atom stereocenters. The number of carbonyl (C=O) groups is 2. The highest BCUT2D eigenvalue weighted by molar-refractivity contribution is 7.89. The molecule has 1 aromatic carbocycles. The predicted octanol–water partition coefficient (Wildman–Crippen LogP) is 1.49. The Morgan fingerprint density at radius 2 is 1.85 bits per heavy atom. The van der Waals surface area contributed by atoms with Crippen LogP contribution in [0.3, 0.4) is 0 Å². The Bertz CT molecular complexity index is 972. The molecule has 0 aliphatic carbocycles. The van der Waals surface area contributed by atoms with Gasteiger partial charge in [-0.25, -0.2) is 8.42 Å². The van der Waals surface area contributed by atoms with Crippen LogP contribution in [0.4, 0.5) is 0 Å². The normalized spacial score (nSPS) is 22.7. The summed E-state index contributed by atoms with van der Waals surface area (Å²) in [6.07, 6.45) is -0.108. The summed E-state index contributed by atoms with van der Waals surface area (Å²) < 4.78 is 38.4. The smallest absolute Gasteiger partial charge is 0.251 e. The largest absolute Gasteiger partial charge is 0.379 e. The third-order valence-corrected chi connectivity index (χ3v) is 7.70. The minimum Gasteiger partial charge on any atom is -0.379 e. The Labute approximate surface area is 196 Å². The number of carbonyl (C=O) groups excluding carboxylic acids is 2. The van der Waals surface area contributed by atoms with Crippen LogP contribution < -0.4 is 5.32 Å². The Balaban J connectivity index is 1.77. The molecule has 2 unspecified atom stereocenters. The molecule has 1 N–H and O–H groups in total. The lowest BCUT2D eigenvalue weighted by Crippen LogP contribution is -2.59. The first-order valence-electron chi connectivity index (χ1n) is 11.4. The highest BCUT2D eigenvalue weighted by Gasteiger charge is 2.37. The van der Waals surface area contributed by atoms with E-state index in [1.165, 1.54) is 16.4 Å². The van der Waals surface area contributed by atoms with Crippen molar-refractivity contribution < 1.29 is 27.5 Å². The minimum atomic E-state index is -3.73. The summed E-state index contributed by atoms with van der Waals surface area (Å²) in [5.41, 5.74) is -0.278. The Kier molecular flexibility index (Phi) is 7.83. The SMILES string of the molecule is CC1CN(C(=O)C(NC(=O)c2cccc(S(=O)(=O)N3CCOCC3)c2)C(C)C)CC(C)(C)O1. The molecule has 0 spiro atoms. The molecule has 0 bridgehead atoms. The Morgan fingerprint density at radius 1 is 1.18 bits per heavy atom. The van der Waals surface area contributed by atoms with E-state index in [1.54, 1.807) is 17.0 Å². The number of hydrogen-bond donors (Lipinski definition) is 1. The molecule has 0 radical (unpaired) electrons. The number of sulfonamides is 1. The quantitative estimate of drug-likeness (QED) is 0.660. The van der Waals surface area contributed by atoms with Crippen LogP contribution in [0.25, 0.3) is 0 Å². The number of benzene rings is 1. The van der Waals surface area contributed by atoms with Crippen LogP contribution in [0.5, 0.6) is 0 Å². The van der Waals surface area contributed by atoms with Gasteiger partial charge in [-0.05, 0) is 44.9 Å². The number of rotatable bonds is 6. The fourth-order valence-corrected chi connectivity index (χ4v) is 5.74. The lowest BCUT2D eigenvalue weighted by molar-refractivity contribution is -0.160. The average Bonchev–Trinajstić information content (AvgIpc) is 2.76. The second-order valence-electron chi connectivity index (χ2n) is 9.65. The summed E-state index contributed by atoms with van der Waals surface area (Å²) in [7, 11) is -3.73. The number of hydrogen-bond acceptors (Lipinski definition) is 6. The van der Waals surface area contributed by atoms with E-state index in [0.29, 0.717) is 26.3 Å². The van der Waals surface area contributed by atoms with E-state index in [1.807, 2.05) is 34.6 Å². The standard InChI is InChI=1S/C23H35N3O6S/c1-16(2)20(22(28)25-14-17(3)32-23(4,5)15-25)24-21(27)18-7-6-8-19(13-18)33(29,30)26-9-11-31-12-10-26/h6-8,13,16-17,20H,9-12,14-15H2,1-5H3,(H,24,27). The molecule has 2 amide bonds. The van der Waals surface area contributed by atoms with Crippen LogP contribution >= 0.6 is 0 Å². The molecular weight excluding hydrogens is 446 g/mol. The highest BCUT2D eigenvalue weighted by atomic mass is 32.2. The van der Waals surface area contributed by atoms with Crippen molar-refractivity contribution in [1.82, 2.24) is 14.5 Å². The van der Waals surface area contributed by atoms with Crippen molar-refractivity contribution in [3.8, 4) is 0 Å². The van der Waals surface area contributed by atoms with Crippen molar-refractivity contribution in [3.63, 3.8) is 0 Å². The fourth-order valence-electron chi connectivity index (χ4n) is 4.29. The number of nitrogens with zero attached hydrogens (tertiary/aromatic N) is 2. The molecule has 9 nitrogen and oxygen atoms in total. The molecule has 0 aromatic heterocycles. The zero-order valence-corrected chi connectivity index (χ0v) is 20.9. The molecule has 184 valence electrons. The van der Waals surface area contributed by atoms with E-state index in [0.717, 1.165) is 0 Å². The molecule has 2 aliphatic rings. The van der Waals surface area contributed by atoms with Crippen LogP contribution in [0, 0.1) is 5.92 Å². The van der Waals surface area contributed by atoms with Crippen molar-refractivity contribution in [3.05, 3.63) is 29.8 Å².